The maximum Gasteiger partial charge on any atom is 0.408 e. The maximum absolute atomic E-state index is 12.4. The van der Waals surface area contributed by atoms with Gasteiger partial charge in [-0.25, -0.2) is 9.80 Å². The van der Waals surface area contributed by atoms with Crippen LogP contribution in [0.1, 0.15) is 47.0 Å². The maximum atomic E-state index is 12.4. The van der Waals surface area contributed by atoms with Crippen molar-refractivity contribution in [2.24, 2.45) is 0 Å². The molecule has 1 fully saturated rings. The van der Waals surface area contributed by atoms with E-state index in [1.165, 1.54) is 6.42 Å². The first-order chi connectivity index (χ1) is 10.3. The first kappa shape index (κ1) is 19.1. The number of carbonyl (C=O) groups excluding carboxylic acids is 2. The number of nitrogens with one attached hydrogen (secondary N) is 2. The predicted molar refractivity (Wildman–Crippen MR) is 89.7 cm³/mol. The van der Waals surface area contributed by atoms with Crippen molar-refractivity contribution in [1.82, 2.24) is 15.8 Å². The second kappa shape index (κ2) is 9.25. The summed E-state index contributed by atoms with van der Waals surface area (Å²) in [5.74, 6) is 1.26. The van der Waals surface area contributed by atoms with Crippen molar-refractivity contribution in [3.63, 3.8) is 0 Å². The Morgan fingerprint density at radius 1 is 1.23 bits per heavy atom. The lowest BCUT2D eigenvalue weighted by molar-refractivity contribution is -0.128. The van der Waals surface area contributed by atoms with Crippen LogP contribution in [0.4, 0.5) is 4.79 Å². The Hall–Kier alpha value is -0.950. The Kier molecular flexibility index (Phi) is 8.03. The lowest BCUT2D eigenvalue weighted by atomic mass is 10.2. The second-order valence-corrected chi connectivity index (χ2v) is 7.70. The smallest absolute Gasteiger partial charge is 0.408 e. The fourth-order valence-electron chi connectivity index (χ4n) is 2.11. The van der Waals surface area contributed by atoms with Gasteiger partial charge in [0.25, 0.3) is 5.91 Å². The summed E-state index contributed by atoms with van der Waals surface area (Å²) in [5, 5.41) is 4.61. The molecule has 1 aliphatic heterocycles. The third-order valence-electron chi connectivity index (χ3n) is 3.12. The van der Waals surface area contributed by atoms with E-state index in [1.54, 1.807) is 32.5 Å². The Bertz CT molecular complexity index is 366. The third-order valence-corrected chi connectivity index (χ3v) is 4.10. The Labute approximate surface area is 137 Å². The molecule has 0 saturated carbocycles. The molecule has 0 aromatic rings. The van der Waals surface area contributed by atoms with E-state index in [-0.39, 0.29) is 5.91 Å². The van der Waals surface area contributed by atoms with Gasteiger partial charge in [0.1, 0.15) is 11.6 Å². The van der Waals surface area contributed by atoms with Crippen LogP contribution in [-0.4, -0.2) is 53.2 Å². The van der Waals surface area contributed by atoms with E-state index >= 15 is 0 Å². The van der Waals surface area contributed by atoms with E-state index in [9.17, 15) is 9.59 Å². The summed E-state index contributed by atoms with van der Waals surface area (Å²) in [6.45, 7) is 9.16. The number of rotatable bonds is 6. The van der Waals surface area contributed by atoms with Gasteiger partial charge in [-0.05, 0) is 39.4 Å². The molecular formula is C15H29N3O3S. The molecule has 7 heteroatoms. The van der Waals surface area contributed by atoms with E-state index < -0.39 is 17.7 Å². The Morgan fingerprint density at radius 3 is 2.41 bits per heavy atom. The Balaban J connectivity index is 2.53. The number of ether oxygens (including phenoxy) is 1. The van der Waals surface area contributed by atoms with Gasteiger partial charge in [-0.1, -0.05) is 13.3 Å². The number of alkyl carbamates (subject to hydrolysis) is 1. The number of hydrogen-bond acceptors (Lipinski definition) is 5. The van der Waals surface area contributed by atoms with Crippen LogP contribution in [0, 0.1) is 0 Å². The van der Waals surface area contributed by atoms with E-state index in [1.807, 2.05) is 11.9 Å². The second-order valence-electron chi connectivity index (χ2n) is 6.38. The molecule has 0 spiro atoms. The fourth-order valence-corrected chi connectivity index (χ4v) is 2.81. The molecule has 6 nitrogen and oxygen atoms in total. The average Bonchev–Trinajstić information content (AvgIpc) is 2.42. The minimum absolute atomic E-state index is 0.172. The zero-order valence-corrected chi connectivity index (χ0v) is 14.9. The molecule has 0 aliphatic carbocycles. The highest BCUT2D eigenvalue weighted by atomic mass is 32.2. The minimum Gasteiger partial charge on any atom is -0.444 e. The molecule has 128 valence electrons. The van der Waals surface area contributed by atoms with Crippen LogP contribution in [0.2, 0.25) is 0 Å². The molecule has 2 N–H and O–H groups in total. The summed E-state index contributed by atoms with van der Waals surface area (Å²) in [6, 6.07) is -0.582. The number of carbonyl (C=O) groups is 2. The zero-order chi connectivity index (χ0) is 16.6. The van der Waals surface area contributed by atoms with Gasteiger partial charge in [-0.15, -0.1) is 0 Å². The van der Waals surface area contributed by atoms with Gasteiger partial charge < -0.3 is 10.1 Å². The highest BCUT2D eigenvalue weighted by molar-refractivity contribution is 7.99. The molecule has 0 aromatic heterocycles. The van der Waals surface area contributed by atoms with E-state index in [0.717, 1.165) is 31.7 Å². The molecular weight excluding hydrogens is 302 g/mol. The number of nitrogens with zero attached hydrogens (tertiary/aromatic N) is 1. The van der Waals surface area contributed by atoms with Crippen molar-refractivity contribution >= 4 is 23.8 Å². The number of hydrazine groups is 1. The van der Waals surface area contributed by atoms with Crippen molar-refractivity contribution in [3.05, 3.63) is 0 Å². The molecule has 0 bridgehead atoms. The van der Waals surface area contributed by atoms with Crippen molar-refractivity contribution in [2.45, 2.75) is 58.6 Å². The summed E-state index contributed by atoms with van der Waals surface area (Å²) < 4.78 is 5.24. The van der Waals surface area contributed by atoms with Crippen molar-refractivity contribution in [1.29, 1.82) is 0 Å². The van der Waals surface area contributed by atoms with E-state index in [4.69, 9.17) is 4.74 Å². The van der Waals surface area contributed by atoms with E-state index in [2.05, 4.69) is 10.7 Å². The van der Waals surface area contributed by atoms with Crippen LogP contribution in [0.25, 0.3) is 0 Å². The molecule has 1 aliphatic rings. The number of hydrogen-bond donors (Lipinski definition) is 2. The van der Waals surface area contributed by atoms with Crippen LogP contribution in [0.3, 0.4) is 0 Å². The first-order valence-corrected chi connectivity index (χ1v) is 9.10. The van der Waals surface area contributed by atoms with Crippen LogP contribution in [0.5, 0.6) is 0 Å². The van der Waals surface area contributed by atoms with Gasteiger partial charge in [0.2, 0.25) is 0 Å². The molecule has 1 saturated heterocycles. The van der Waals surface area contributed by atoms with Crippen LogP contribution < -0.4 is 10.7 Å². The van der Waals surface area contributed by atoms with Crippen LogP contribution in [-0.2, 0) is 9.53 Å². The highest BCUT2D eigenvalue weighted by Gasteiger charge is 2.25. The number of piperidine rings is 1. The normalized spacial score (nSPS) is 17.6. The monoisotopic (exact) mass is 331 g/mol. The molecule has 0 aromatic carbocycles. The molecule has 0 radical (unpaired) electrons. The van der Waals surface area contributed by atoms with Crippen molar-refractivity contribution in [3.8, 4) is 0 Å². The summed E-state index contributed by atoms with van der Waals surface area (Å²) in [5.41, 5.74) is 2.33. The lowest BCUT2D eigenvalue weighted by Crippen LogP contribution is -2.55. The summed E-state index contributed by atoms with van der Waals surface area (Å²) >= 11 is 1.62. The van der Waals surface area contributed by atoms with Gasteiger partial charge in [-0.3, -0.25) is 10.2 Å². The number of thioether (sulfide) groups is 1. The molecule has 1 atom stereocenters. The highest BCUT2D eigenvalue weighted by Crippen LogP contribution is 2.10. The minimum atomic E-state index is -0.582. The average molecular weight is 331 g/mol. The standard InChI is InChI=1S/C15H29N3O3S/c1-5-22-11-12(16-14(20)21-15(2,3)4)13(19)17-18-9-7-6-8-10-18/h12H,5-11H2,1-4H3,(H,16,20)(H,17,19)/t12-/m0/s1. The molecule has 1 rings (SSSR count). The predicted octanol–water partition coefficient (Wildman–Crippen LogP) is 2.15. The zero-order valence-electron chi connectivity index (χ0n) is 14.1. The topological polar surface area (TPSA) is 70.7 Å². The molecule has 1 heterocycles. The summed E-state index contributed by atoms with van der Waals surface area (Å²) in [4.78, 5) is 24.3. The fraction of sp³-hybridized carbons (Fsp3) is 0.867. The van der Waals surface area contributed by atoms with Gasteiger partial charge in [-0.2, -0.15) is 11.8 Å². The molecule has 22 heavy (non-hydrogen) atoms. The molecule has 2 amide bonds. The number of amides is 2. The first-order valence-electron chi connectivity index (χ1n) is 7.94. The van der Waals surface area contributed by atoms with Gasteiger partial charge in [0.05, 0.1) is 0 Å². The van der Waals surface area contributed by atoms with Gasteiger partial charge in [0, 0.05) is 18.8 Å². The van der Waals surface area contributed by atoms with Gasteiger partial charge in [0.15, 0.2) is 0 Å². The van der Waals surface area contributed by atoms with Crippen molar-refractivity contribution in [2.75, 3.05) is 24.6 Å². The third kappa shape index (κ3) is 7.89. The largest absolute Gasteiger partial charge is 0.444 e. The Morgan fingerprint density at radius 2 is 1.86 bits per heavy atom. The van der Waals surface area contributed by atoms with Crippen LogP contribution >= 0.6 is 11.8 Å². The van der Waals surface area contributed by atoms with Gasteiger partial charge >= 0.3 is 6.09 Å². The summed E-state index contributed by atoms with van der Waals surface area (Å²) in [6.07, 6.45) is 2.84. The van der Waals surface area contributed by atoms with E-state index in [0.29, 0.717) is 5.75 Å². The quantitative estimate of drug-likeness (QED) is 0.780. The SMILES string of the molecule is CCSC[C@H](NC(=O)OC(C)(C)C)C(=O)NN1CCCCC1. The summed E-state index contributed by atoms with van der Waals surface area (Å²) in [7, 11) is 0. The van der Waals surface area contributed by atoms with Crippen LogP contribution in [0.15, 0.2) is 0 Å². The lowest BCUT2D eigenvalue weighted by Gasteiger charge is -2.29. The van der Waals surface area contributed by atoms with Crippen molar-refractivity contribution < 1.29 is 14.3 Å². The molecule has 0 unspecified atom stereocenters.